The molecule has 0 radical (unpaired) electrons. The SMILES string of the molecule is O=C(CC12CCC(CI)(CC1)C2)OCc1ccccc1. The number of hydrogen-bond donors (Lipinski definition) is 0. The van der Waals surface area contributed by atoms with Gasteiger partial charge < -0.3 is 4.74 Å². The summed E-state index contributed by atoms with van der Waals surface area (Å²) in [5.74, 6) is -0.0139. The third-order valence-corrected chi connectivity index (χ3v) is 6.78. The summed E-state index contributed by atoms with van der Waals surface area (Å²) < 4.78 is 6.70. The summed E-state index contributed by atoms with van der Waals surface area (Å²) in [6.45, 7) is 0.410. The summed E-state index contributed by atoms with van der Waals surface area (Å²) >= 11 is 2.52. The maximum absolute atomic E-state index is 12.1. The van der Waals surface area contributed by atoms with Crippen molar-refractivity contribution in [2.24, 2.45) is 10.8 Å². The van der Waals surface area contributed by atoms with Gasteiger partial charge in [-0.05, 0) is 48.5 Å². The lowest BCUT2D eigenvalue weighted by Gasteiger charge is -2.26. The van der Waals surface area contributed by atoms with Crippen LogP contribution in [0.4, 0.5) is 0 Å². The van der Waals surface area contributed by atoms with Crippen LogP contribution in [0.25, 0.3) is 0 Å². The first-order chi connectivity index (χ1) is 9.65. The minimum absolute atomic E-state index is 0.0139. The van der Waals surface area contributed by atoms with Gasteiger partial charge in [-0.15, -0.1) is 0 Å². The average molecular weight is 384 g/mol. The lowest BCUT2D eigenvalue weighted by atomic mass is 9.80. The molecule has 1 aromatic carbocycles. The molecule has 0 amide bonds. The van der Waals surface area contributed by atoms with E-state index in [9.17, 15) is 4.79 Å². The third-order valence-electron chi connectivity index (χ3n) is 5.17. The Morgan fingerprint density at radius 2 is 1.75 bits per heavy atom. The van der Waals surface area contributed by atoms with Crippen LogP contribution in [0.5, 0.6) is 0 Å². The molecule has 0 N–H and O–H groups in total. The molecular formula is C17H21IO2. The van der Waals surface area contributed by atoms with Crippen molar-refractivity contribution >= 4 is 28.6 Å². The van der Waals surface area contributed by atoms with E-state index in [1.807, 2.05) is 30.3 Å². The van der Waals surface area contributed by atoms with Crippen molar-refractivity contribution in [2.75, 3.05) is 4.43 Å². The molecule has 2 aliphatic carbocycles. The molecule has 2 aliphatic rings. The molecule has 0 saturated heterocycles. The zero-order valence-electron chi connectivity index (χ0n) is 11.7. The van der Waals surface area contributed by atoms with Gasteiger partial charge in [0.1, 0.15) is 6.61 Å². The van der Waals surface area contributed by atoms with Gasteiger partial charge in [0.2, 0.25) is 0 Å². The first kappa shape index (κ1) is 14.4. The first-order valence-electron chi connectivity index (χ1n) is 7.41. The van der Waals surface area contributed by atoms with E-state index in [1.54, 1.807) is 0 Å². The van der Waals surface area contributed by atoms with Gasteiger partial charge in [0.05, 0.1) is 6.42 Å². The lowest BCUT2D eigenvalue weighted by Crippen LogP contribution is -2.20. The van der Waals surface area contributed by atoms with E-state index in [-0.39, 0.29) is 11.4 Å². The van der Waals surface area contributed by atoms with Gasteiger partial charge in [0.25, 0.3) is 0 Å². The van der Waals surface area contributed by atoms with Gasteiger partial charge in [-0.3, -0.25) is 4.79 Å². The van der Waals surface area contributed by atoms with Crippen molar-refractivity contribution < 1.29 is 9.53 Å². The van der Waals surface area contributed by atoms with Crippen molar-refractivity contribution in [2.45, 2.75) is 45.1 Å². The van der Waals surface area contributed by atoms with Gasteiger partial charge in [-0.2, -0.15) is 0 Å². The number of esters is 1. The summed E-state index contributed by atoms with van der Waals surface area (Å²) in [6, 6.07) is 9.93. The number of halogens is 1. The van der Waals surface area contributed by atoms with Crippen molar-refractivity contribution in [3.8, 4) is 0 Å². The fraction of sp³-hybridized carbons (Fsp3) is 0.588. The molecular weight excluding hydrogens is 363 g/mol. The zero-order valence-corrected chi connectivity index (χ0v) is 13.9. The summed E-state index contributed by atoms with van der Waals surface area (Å²) in [6.07, 6.45) is 6.91. The molecule has 108 valence electrons. The predicted molar refractivity (Wildman–Crippen MR) is 87.7 cm³/mol. The van der Waals surface area contributed by atoms with Gasteiger partial charge in [0, 0.05) is 4.43 Å². The minimum Gasteiger partial charge on any atom is -0.461 e. The number of rotatable bonds is 5. The molecule has 2 bridgehead atoms. The molecule has 0 spiro atoms. The molecule has 2 nitrogen and oxygen atoms in total. The summed E-state index contributed by atoms with van der Waals surface area (Å²) in [7, 11) is 0. The summed E-state index contributed by atoms with van der Waals surface area (Å²) in [4.78, 5) is 12.1. The van der Waals surface area contributed by atoms with Crippen LogP contribution in [0.15, 0.2) is 30.3 Å². The lowest BCUT2D eigenvalue weighted by molar-refractivity contribution is -0.147. The van der Waals surface area contributed by atoms with Crippen LogP contribution in [0.3, 0.4) is 0 Å². The fourth-order valence-corrected chi connectivity index (χ4v) is 5.01. The molecule has 2 fully saturated rings. The highest BCUT2D eigenvalue weighted by molar-refractivity contribution is 14.1. The average Bonchev–Trinajstić information content (AvgIpc) is 3.02. The predicted octanol–water partition coefficient (Wildman–Crippen LogP) is 4.51. The number of carbonyl (C=O) groups is 1. The maximum atomic E-state index is 12.1. The Bertz CT molecular complexity index is 475. The Kier molecular flexibility index (Phi) is 4.07. The standard InChI is InChI=1S/C17H21IO2/c18-13-17-8-6-16(12-17,7-9-17)10-15(19)20-11-14-4-2-1-3-5-14/h1-5H,6-13H2. The number of alkyl halides is 1. The van der Waals surface area contributed by atoms with Crippen LogP contribution >= 0.6 is 22.6 Å². The number of benzene rings is 1. The van der Waals surface area contributed by atoms with E-state index >= 15 is 0 Å². The molecule has 1 aromatic rings. The molecule has 2 saturated carbocycles. The van der Waals surface area contributed by atoms with Gasteiger partial charge in [0.15, 0.2) is 0 Å². The van der Waals surface area contributed by atoms with Gasteiger partial charge >= 0.3 is 5.97 Å². The second kappa shape index (κ2) is 5.66. The molecule has 3 rings (SSSR count). The number of hydrogen-bond acceptors (Lipinski definition) is 2. The number of fused-ring (bicyclic) bond motifs is 2. The Morgan fingerprint density at radius 3 is 2.35 bits per heavy atom. The van der Waals surface area contributed by atoms with E-state index < -0.39 is 0 Å². The molecule has 0 atom stereocenters. The van der Waals surface area contributed by atoms with E-state index in [4.69, 9.17) is 4.74 Å². The number of ether oxygens (including phenoxy) is 1. The van der Waals surface area contributed by atoms with Crippen LogP contribution in [-0.2, 0) is 16.1 Å². The second-order valence-corrected chi connectivity index (χ2v) is 7.40. The number of carbonyl (C=O) groups excluding carboxylic acids is 1. The van der Waals surface area contributed by atoms with E-state index in [0.29, 0.717) is 18.4 Å². The molecule has 0 heterocycles. The summed E-state index contributed by atoms with van der Waals surface area (Å²) in [5.41, 5.74) is 1.87. The fourth-order valence-electron chi connectivity index (χ4n) is 3.98. The maximum Gasteiger partial charge on any atom is 0.306 e. The largest absolute Gasteiger partial charge is 0.461 e. The zero-order chi connectivity index (χ0) is 14.1. The smallest absolute Gasteiger partial charge is 0.306 e. The normalized spacial score (nSPS) is 31.4. The van der Waals surface area contributed by atoms with Gasteiger partial charge in [-0.1, -0.05) is 52.9 Å². The molecule has 20 heavy (non-hydrogen) atoms. The quantitative estimate of drug-likeness (QED) is 0.424. The van der Waals surface area contributed by atoms with Crippen LogP contribution in [0, 0.1) is 10.8 Å². The highest BCUT2D eigenvalue weighted by atomic mass is 127. The Labute approximate surface area is 134 Å². The van der Waals surface area contributed by atoms with Gasteiger partial charge in [-0.25, -0.2) is 0 Å². The van der Waals surface area contributed by atoms with Crippen molar-refractivity contribution in [3.05, 3.63) is 35.9 Å². The van der Waals surface area contributed by atoms with Crippen LogP contribution in [0.2, 0.25) is 0 Å². The van der Waals surface area contributed by atoms with Crippen molar-refractivity contribution in [1.82, 2.24) is 0 Å². The van der Waals surface area contributed by atoms with Crippen LogP contribution < -0.4 is 0 Å². The molecule has 0 aliphatic heterocycles. The van der Waals surface area contributed by atoms with E-state index in [1.165, 1.54) is 36.5 Å². The van der Waals surface area contributed by atoms with Crippen LogP contribution in [0.1, 0.15) is 44.1 Å². The van der Waals surface area contributed by atoms with E-state index in [2.05, 4.69) is 22.6 Å². The highest BCUT2D eigenvalue weighted by Gasteiger charge is 2.54. The topological polar surface area (TPSA) is 26.3 Å². The molecule has 3 heteroatoms. The van der Waals surface area contributed by atoms with Crippen molar-refractivity contribution in [1.29, 1.82) is 0 Å². The molecule has 0 unspecified atom stereocenters. The monoisotopic (exact) mass is 384 g/mol. The van der Waals surface area contributed by atoms with Crippen LogP contribution in [-0.4, -0.2) is 10.4 Å². The summed E-state index contributed by atoms with van der Waals surface area (Å²) in [5, 5.41) is 0. The Hall–Kier alpha value is -0.580. The highest BCUT2D eigenvalue weighted by Crippen LogP contribution is 2.63. The third kappa shape index (κ3) is 2.87. The minimum atomic E-state index is -0.0139. The second-order valence-electron chi connectivity index (χ2n) is 6.63. The molecule has 0 aromatic heterocycles. The van der Waals surface area contributed by atoms with E-state index in [0.717, 1.165) is 5.56 Å². The first-order valence-corrected chi connectivity index (χ1v) is 8.94. The Balaban J connectivity index is 1.53. The Morgan fingerprint density at radius 1 is 1.10 bits per heavy atom. The van der Waals surface area contributed by atoms with Crippen molar-refractivity contribution in [3.63, 3.8) is 0 Å².